The van der Waals surface area contributed by atoms with Crippen molar-refractivity contribution >= 4 is 29.1 Å². The quantitative estimate of drug-likeness (QED) is 0.556. The second-order valence-corrected chi connectivity index (χ2v) is 6.49. The van der Waals surface area contributed by atoms with E-state index in [0.29, 0.717) is 19.5 Å². The number of hydrogen-bond donors (Lipinski definition) is 0. The summed E-state index contributed by atoms with van der Waals surface area (Å²) in [5.41, 5.74) is 2.21. The summed E-state index contributed by atoms with van der Waals surface area (Å²) in [7, 11) is 0. The molecule has 1 aromatic carbocycles. The van der Waals surface area contributed by atoms with Crippen LogP contribution in [0, 0.1) is 0 Å². The van der Waals surface area contributed by atoms with E-state index in [1.807, 2.05) is 50.3 Å². The fourth-order valence-corrected chi connectivity index (χ4v) is 1.94. The Labute approximate surface area is 131 Å². The number of carbonyl (C=O) groups excluding carboxylic acids is 1. The van der Waals surface area contributed by atoms with Crippen molar-refractivity contribution in [3.05, 3.63) is 47.5 Å². The fraction of sp³-hybridized carbons (Fsp3) is 0.438. The summed E-state index contributed by atoms with van der Waals surface area (Å²) in [4.78, 5) is 14.1. The van der Waals surface area contributed by atoms with Crippen molar-refractivity contribution in [2.75, 3.05) is 6.54 Å². The Hall–Kier alpha value is -0.990. The van der Waals surface area contributed by atoms with Crippen LogP contribution in [0.5, 0.6) is 0 Å². The van der Waals surface area contributed by atoms with Gasteiger partial charge in [-0.2, -0.15) is 0 Å². The molecule has 0 atom stereocenters. The third-order valence-corrected chi connectivity index (χ3v) is 3.84. The maximum Gasteiger partial charge on any atom is 0.259 e. The SMILES string of the molecule is CCC(Cl)(Cl)C(=O)N(CC=C(C)C)Cc1ccccc1. The molecule has 0 radical (unpaired) electrons. The molecule has 0 aliphatic heterocycles. The molecular weight excluding hydrogens is 293 g/mol. The first-order valence-corrected chi connectivity index (χ1v) is 7.47. The number of nitrogens with zero attached hydrogens (tertiary/aromatic N) is 1. The first-order chi connectivity index (χ1) is 9.36. The van der Waals surface area contributed by atoms with Gasteiger partial charge in [0, 0.05) is 13.1 Å². The predicted octanol–water partition coefficient (Wildman–Crippen LogP) is 4.57. The summed E-state index contributed by atoms with van der Waals surface area (Å²) in [6.07, 6.45) is 2.38. The molecule has 0 N–H and O–H groups in total. The van der Waals surface area contributed by atoms with Crippen LogP contribution in [-0.4, -0.2) is 21.7 Å². The minimum Gasteiger partial charge on any atom is -0.332 e. The largest absolute Gasteiger partial charge is 0.332 e. The third kappa shape index (κ3) is 5.18. The van der Waals surface area contributed by atoms with Gasteiger partial charge < -0.3 is 4.90 Å². The van der Waals surface area contributed by atoms with E-state index in [2.05, 4.69) is 0 Å². The van der Waals surface area contributed by atoms with Crippen LogP contribution in [0.3, 0.4) is 0 Å². The van der Waals surface area contributed by atoms with Gasteiger partial charge in [-0.25, -0.2) is 0 Å². The number of amides is 1. The van der Waals surface area contributed by atoms with E-state index in [9.17, 15) is 4.79 Å². The van der Waals surface area contributed by atoms with Crippen molar-refractivity contribution in [2.24, 2.45) is 0 Å². The van der Waals surface area contributed by atoms with Crippen molar-refractivity contribution in [1.29, 1.82) is 0 Å². The van der Waals surface area contributed by atoms with Gasteiger partial charge >= 0.3 is 0 Å². The van der Waals surface area contributed by atoms with Crippen molar-refractivity contribution in [3.63, 3.8) is 0 Å². The third-order valence-electron chi connectivity index (χ3n) is 2.98. The first-order valence-electron chi connectivity index (χ1n) is 6.71. The monoisotopic (exact) mass is 313 g/mol. The Kier molecular flexibility index (Phi) is 6.57. The van der Waals surface area contributed by atoms with Crippen LogP contribution < -0.4 is 0 Å². The Morgan fingerprint density at radius 3 is 2.35 bits per heavy atom. The number of halogens is 2. The van der Waals surface area contributed by atoms with E-state index in [1.165, 1.54) is 0 Å². The number of hydrogen-bond acceptors (Lipinski definition) is 1. The highest BCUT2D eigenvalue weighted by molar-refractivity contribution is 6.58. The van der Waals surface area contributed by atoms with Crippen LogP contribution >= 0.6 is 23.2 Å². The molecule has 2 nitrogen and oxygen atoms in total. The normalized spacial score (nSPS) is 11.1. The molecule has 0 aliphatic rings. The number of rotatable bonds is 6. The lowest BCUT2D eigenvalue weighted by molar-refractivity contribution is -0.132. The summed E-state index contributed by atoms with van der Waals surface area (Å²) < 4.78 is -1.36. The molecule has 0 bridgehead atoms. The number of alkyl halides is 2. The average Bonchev–Trinajstić information content (AvgIpc) is 2.43. The van der Waals surface area contributed by atoms with Crippen LogP contribution in [0.2, 0.25) is 0 Å². The molecule has 0 saturated heterocycles. The maximum absolute atomic E-state index is 12.4. The summed E-state index contributed by atoms with van der Waals surface area (Å²) in [6.45, 7) is 6.82. The van der Waals surface area contributed by atoms with E-state index in [0.717, 1.165) is 11.1 Å². The lowest BCUT2D eigenvalue weighted by Crippen LogP contribution is -2.41. The fourth-order valence-electron chi connectivity index (χ4n) is 1.70. The van der Waals surface area contributed by atoms with Gasteiger partial charge in [0.2, 0.25) is 0 Å². The number of allylic oxidation sites excluding steroid dienone is 1. The standard InChI is InChI=1S/C16H21Cl2NO/c1-4-16(17,18)15(20)19(11-10-13(2)3)12-14-8-6-5-7-9-14/h5-10H,4,11-12H2,1-3H3. The molecule has 110 valence electrons. The van der Waals surface area contributed by atoms with Gasteiger partial charge in [-0.05, 0) is 25.8 Å². The van der Waals surface area contributed by atoms with E-state index in [-0.39, 0.29) is 5.91 Å². The summed E-state index contributed by atoms with van der Waals surface area (Å²) in [5.74, 6) is -0.246. The van der Waals surface area contributed by atoms with Gasteiger partial charge in [-0.3, -0.25) is 4.79 Å². The zero-order chi connectivity index (χ0) is 15.2. The Bertz CT molecular complexity index is 465. The smallest absolute Gasteiger partial charge is 0.259 e. The Balaban J connectivity index is 2.91. The predicted molar refractivity (Wildman–Crippen MR) is 86.0 cm³/mol. The van der Waals surface area contributed by atoms with Gasteiger partial charge in [0.25, 0.3) is 5.91 Å². The van der Waals surface area contributed by atoms with E-state index >= 15 is 0 Å². The molecule has 0 spiro atoms. The molecular formula is C16H21Cl2NO. The summed E-state index contributed by atoms with van der Waals surface area (Å²) in [6, 6.07) is 9.82. The van der Waals surface area contributed by atoms with E-state index in [4.69, 9.17) is 23.2 Å². The van der Waals surface area contributed by atoms with E-state index in [1.54, 1.807) is 11.8 Å². The van der Waals surface area contributed by atoms with Crippen LogP contribution in [0.25, 0.3) is 0 Å². The van der Waals surface area contributed by atoms with Crippen LogP contribution in [0.4, 0.5) is 0 Å². The molecule has 0 aromatic heterocycles. The molecule has 0 saturated carbocycles. The Morgan fingerprint density at radius 1 is 1.25 bits per heavy atom. The highest BCUT2D eigenvalue weighted by Crippen LogP contribution is 2.28. The molecule has 1 rings (SSSR count). The van der Waals surface area contributed by atoms with Crippen LogP contribution in [-0.2, 0) is 11.3 Å². The molecule has 20 heavy (non-hydrogen) atoms. The molecule has 1 amide bonds. The van der Waals surface area contributed by atoms with Crippen molar-refractivity contribution in [3.8, 4) is 0 Å². The minimum atomic E-state index is -1.36. The second-order valence-electron chi connectivity index (χ2n) is 5.01. The Morgan fingerprint density at radius 2 is 1.85 bits per heavy atom. The number of benzene rings is 1. The summed E-state index contributed by atoms with van der Waals surface area (Å²) >= 11 is 12.2. The zero-order valence-corrected chi connectivity index (χ0v) is 13.7. The zero-order valence-electron chi connectivity index (χ0n) is 12.2. The van der Waals surface area contributed by atoms with Crippen molar-refractivity contribution in [1.82, 2.24) is 4.90 Å². The topological polar surface area (TPSA) is 20.3 Å². The molecule has 0 heterocycles. The second kappa shape index (κ2) is 7.70. The number of carbonyl (C=O) groups is 1. The van der Waals surface area contributed by atoms with Gasteiger partial charge in [0.15, 0.2) is 4.33 Å². The van der Waals surface area contributed by atoms with Crippen molar-refractivity contribution < 1.29 is 4.79 Å². The maximum atomic E-state index is 12.4. The lowest BCUT2D eigenvalue weighted by atomic mass is 10.2. The highest BCUT2D eigenvalue weighted by atomic mass is 35.5. The lowest BCUT2D eigenvalue weighted by Gasteiger charge is -2.27. The molecule has 0 unspecified atom stereocenters. The van der Waals surface area contributed by atoms with Crippen LogP contribution in [0.1, 0.15) is 32.8 Å². The van der Waals surface area contributed by atoms with Gasteiger partial charge in [-0.15, -0.1) is 0 Å². The van der Waals surface area contributed by atoms with Gasteiger partial charge in [0.1, 0.15) is 0 Å². The minimum absolute atomic E-state index is 0.246. The molecule has 1 aromatic rings. The molecule has 0 aliphatic carbocycles. The molecule has 0 fully saturated rings. The molecule has 4 heteroatoms. The van der Waals surface area contributed by atoms with Gasteiger partial charge in [-0.1, -0.05) is 72.1 Å². The van der Waals surface area contributed by atoms with E-state index < -0.39 is 4.33 Å². The average molecular weight is 314 g/mol. The van der Waals surface area contributed by atoms with Crippen LogP contribution in [0.15, 0.2) is 42.0 Å². The van der Waals surface area contributed by atoms with Crippen molar-refractivity contribution in [2.45, 2.75) is 38.1 Å². The first kappa shape index (κ1) is 17.1. The van der Waals surface area contributed by atoms with Gasteiger partial charge in [0.05, 0.1) is 0 Å². The highest BCUT2D eigenvalue weighted by Gasteiger charge is 2.35. The summed E-state index contributed by atoms with van der Waals surface area (Å²) in [5, 5.41) is 0.